The number of Topliss-reactive ketones (excluding diaryl/α,β-unsaturated/α-hetero) is 1. The highest BCUT2D eigenvalue weighted by atomic mass is 16.5. The normalized spacial score (nSPS) is 16.2. The Hall–Kier alpha value is -1.38. The number of carbonyl (C=O) groups is 2. The Morgan fingerprint density at radius 2 is 2.11 bits per heavy atom. The Morgan fingerprint density at radius 1 is 1.37 bits per heavy atom. The third-order valence-electron chi connectivity index (χ3n) is 3.05. The smallest absolute Gasteiger partial charge is 0.341 e. The maximum absolute atomic E-state index is 12.0. The molecule has 0 aromatic carbocycles. The van der Waals surface area contributed by atoms with Crippen molar-refractivity contribution < 1.29 is 14.3 Å². The van der Waals surface area contributed by atoms with Gasteiger partial charge in [0.2, 0.25) is 0 Å². The fourth-order valence-corrected chi connectivity index (χ4v) is 1.94. The second-order valence-electron chi connectivity index (χ2n) is 5.35. The minimum Gasteiger partial charge on any atom is -0.462 e. The summed E-state index contributed by atoms with van der Waals surface area (Å²) in [5.41, 5.74) is 1.29. The molecule has 0 saturated heterocycles. The van der Waals surface area contributed by atoms with Crippen molar-refractivity contribution in [3.05, 3.63) is 23.3 Å². The highest BCUT2D eigenvalue weighted by Gasteiger charge is 2.19. The molecule has 1 aliphatic rings. The van der Waals surface area contributed by atoms with Gasteiger partial charge in [-0.1, -0.05) is 32.4 Å². The van der Waals surface area contributed by atoms with Crippen molar-refractivity contribution in [3.63, 3.8) is 0 Å². The van der Waals surface area contributed by atoms with E-state index in [4.69, 9.17) is 4.74 Å². The Balaban J connectivity index is 2.81. The number of ketones is 1. The monoisotopic (exact) mass is 264 g/mol. The molecule has 0 aliphatic heterocycles. The molecule has 0 unspecified atom stereocenters. The van der Waals surface area contributed by atoms with E-state index in [1.807, 2.05) is 13.8 Å². The second kappa shape index (κ2) is 7.93. The van der Waals surface area contributed by atoms with Crippen LogP contribution in [0.4, 0.5) is 0 Å². The number of esters is 1. The Kier molecular flexibility index (Phi) is 6.54. The Bertz CT molecular complexity index is 389. The topological polar surface area (TPSA) is 43.4 Å². The van der Waals surface area contributed by atoms with Crippen molar-refractivity contribution in [1.82, 2.24) is 0 Å². The lowest BCUT2D eigenvalue weighted by Crippen LogP contribution is -2.18. The predicted molar refractivity (Wildman–Crippen MR) is 75.7 cm³/mol. The predicted octanol–water partition coefficient (Wildman–Crippen LogP) is 3.59. The van der Waals surface area contributed by atoms with Crippen LogP contribution in [0.25, 0.3) is 0 Å². The molecule has 0 aromatic heterocycles. The zero-order valence-corrected chi connectivity index (χ0v) is 12.2. The SMILES string of the molecule is CCC(=O)C(=CC1=CCCCC1)C(=O)OCC(C)C. The molecular weight excluding hydrogens is 240 g/mol. The minimum atomic E-state index is -0.480. The first-order chi connectivity index (χ1) is 9.04. The van der Waals surface area contributed by atoms with Gasteiger partial charge < -0.3 is 4.74 Å². The first-order valence-electron chi connectivity index (χ1n) is 7.15. The molecule has 0 fully saturated rings. The van der Waals surface area contributed by atoms with Crippen molar-refractivity contribution in [2.45, 2.75) is 52.9 Å². The third-order valence-corrected chi connectivity index (χ3v) is 3.05. The van der Waals surface area contributed by atoms with Crippen molar-refractivity contribution >= 4 is 11.8 Å². The zero-order valence-electron chi connectivity index (χ0n) is 12.2. The molecule has 106 valence electrons. The lowest BCUT2D eigenvalue weighted by molar-refractivity contribution is -0.141. The largest absolute Gasteiger partial charge is 0.462 e. The fourth-order valence-electron chi connectivity index (χ4n) is 1.94. The van der Waals surface area contributed by atoms with Crippen LogP contribution >= 0.6 is 0 Å². The van der Waals surface area contributed by atoms with Crippen LogP contribution in [0, 0.1) is 5.92 Å². The van der Waals surface area contributed by atoms with Gasteiger partial charge in [0.25, 0.3) is 0 Å². The van der Waals surface area contributed by atoms with E-state index in [1.165, 1.54) is 6.42 Å². The summed E-state index contributed by atoms with van der Waals surface area (Å²) in [4.78, 5) is 23.9. The summed E-state index contributed by atoms with van der Waals surface area (Å²) in [5.74, 6) is -0.344. The Labute approximate surface area is 115 Å². The molecule has 19 heavy (non-hydrogen) atoms. The van der Waals surface area contributed by atoms with Crippen LogP contribution in [0.3, 0.4) is 0 Å². The van der Waals surface area contributed by atoms with E-state index < -0.39 is 5.97 Å². The van der Waals surface area contributed by atoms with Crippen molar-refractivity contribution in [1.29, 1.82) is 0 Å². The number of hydrogen-bond donors (Lipinski definition) is 0. The average molecular weight is 264 g/mol. The van der Waals surface area contributed by atoms with Gasteiger partial charge in [0.1, 0.15) is 5.57 Å². The molecular formula is C16H24O3. The van der Waals surface area contributed by atoms with Crippen LogP contribution in [0.2, 0.25) is 0 Å². The molecule has 0 radical (unpaired) electrons. The molecule has 0 atom stereocenters. The quantitative estimate of drug-likeness (QED) is 0.319. The first kappa shape index (κ1) is 15.7. The van der Waals surface area contributed by atoms with Gasteiger partial charge >= 0.3 is 5.97 Å². The number of hydrogen-bond acceptors (Lipinski definition) is 3. The van der Waals surface area contributed by atoms with Crippen LogP contribution in [0.15, 0.2) is 23.3 Å². The van der Waals surface area contributed by atoms with Crippen LogP contribution in [-0.2, 0) is 14.3 Å². The first-order valence-corrected chi connectivity index (χ1v) is 7.15. The second-order valence-corrected chi connectivity index (χ2v) is 5.35. The third kappa shape index (κ3) is 5.41. The fraction of sp³-hybridized carbons (Fsp3) is 0.625. The van der Waals surface area contributed by atoms with E-state index in [2.05, 4.69) is 6.08 Å². The van der Waals surface area contributed by atoms with Gasteiger partial charge in [-0.3, -0.25) is 4.79 Å². The lowest BCUT2D eigenvalue weighted by atomic mass is 9.96. The van der Waals surface area contributed by atoms with Gasteiger partial charge in [-0.15, -0.1) is 0 Å². The van der Waals surface area contributed by atoms with Gasteiger partial charge in [0, 0.05) is 6.42 Å². The van der Waals surface area contributed by atoms with Crippen molar-refractivity contribution in [2.75, 3.05) is 6.61 Å². The maximum atomic E-state index is 12.0. The van der Waals surface area contributed by atoms with Gasteiger partial charge in [0.15, 0.2) is 5.78 Å². The van der Waals surface area contributed by atoms with E-state index >= 15 is 0 Å². The van der Waals surface area contributed by atoms with Crippen LogP contribution in [0.1, 0.15) is 52.9 Å². The minimum absolute atomic E-state index is 0.139. The summed E-state index contributed by atoms with van der Waals surface area (Å²) >= 11 is 0. The van der Waals surface area contributed by atoms with Crippen LogP contribution < -0.4 is 0 Å². The van der Waals surface area contributed by atoms with E-state index in [0.717, 1.165) is 24.8 Å². The van der Waals surface area contributed by atoms with Crippen molar-refractivity contribution in [3.8, 4) is 0 Å². The molecule has 0 spiro atoms. The van der Waals surface area contributed by atoms with E-state index in [9.17, 15) is 9.59 Å². The highest BCUT2D eigenvalue weighted by molar-refractivity contribution is 6.17. The summed E-state index contributed by atoms with van der Waals surface area (Å²) in [6.07, 6.45) is 8.45. The van der Waals surface area contributed by atoms with Gasteiger partial charge in [-0.2, -0.15) is 0 Å². The van der Waals surface area contributed by atoms with E-state index in [-0.39, 0.29) is 17.3 Å². The molecule has 1 aliphatic carbocycles. The molecule has 0 bridgehead atoms. The number of allylic oxidation sites excluding steroid dienone is 3. The molecule has 0 heterocycles. The number of ether oxygens (including phenoxy) is 1. The van der Waals surface area contributed by atoms with Gasteiger partial charge in [0.05, 0.1) is 6.61 Å². The molecule has 3 heteroatoms. The molecule has 0 saturated carbocycles. The molecule has 0 aromatic rings. The lowest BCUT2D eigenvalue weighted by Gasteiger charge is -2.12. The van der Waals surface area contributed by atoms with Gasteiger partial charge in [-0.05, 0) is 37.7 Å². The standard InChI is InChI=1S/C16H24O3/c1-4-15(17)14(16(18)19-11-12(2)3)10-13-8-6-5-7-9-13/h8,10,12H,4-7,9,11H2,1-3H3. The van der Waals surface area contributed by atoms with Crippen LogP contribution in [0.5, 0.6) is 0 Å². The Morgan fingerprint density at radius 3 is 2.63 bits per heavy atom. The summed E-state index contributed by atoms with van der Waals surface area (Å²) in [7, 11) is 0. The van der Waals surface area contributed by atoms with E-state index in [1.54, 1.807) is 13.0 Å². The molecule has 0 N–H and O–H groups in total. The van der Waals surface area contributed by atoms with Gasteiger partial charge in [-0.25, -0.2) is 4.79 Å². The van der Waals surface area contributed by atoms with Crippen LogP contribution in [-0.4, -0.2) is 18.4 Å². The molecule has 3 nitrogen and oxygen atoms in total. The number of carbonyl (C=O) groups excluding carboxylic acids is 2. The summed E-state index contributed by atoms with van der Waals surface area (Å²) in [6, 6.07) is 0. The maximum Gasteiger partial charge on any atom is 0.341 e. The number of rotatable bonds is 6. The summed E-state index contributed by atoms with van der Waals surface area (Å²) in [5, 5.41) is 0. The zero-order chi connectivity index (χ0) is 14.3. The van der Waals surface area contributed by atoms with E-state index in [0.29, 0.717) is 13.0 Å². The summed E-state index contributed by atoms with van der Waals surface area (Å²) < 4.78 is 5.17. The van der Waals surface area contributed by atoms with Crippen molar-refractivity contribution in [2.24, 2.45) is 5.92 Å². The molecule has 1 rings (SSSR count). The summed E-state index contributed by atoms with van der Waals surface area (Å²) in [6.45, 7) is 6.07. The average Bonchev–Trinajstić information content (AvgIpc) is 2.42. The highest BCUT2D eigenvalue weighted by Crippen LogP contribution is 2.20. The molecule has 0 amide bonds.